The highest BCUT2D eigenvalue weighted by atomic mass is 16.6. The van der Waals surface area contributed by atoms with Gasteiger partial charge in [-0.2, -0.15) is 5.11 Å². The lowest BCUT2D eigenvalue weighted by atomic mass is 10.5. The zero-order chi connectivity index (χ0) is 10.3. The van der Waals surface area contributed by atoms with Crippen LogP contribution in [0.25, 0.3) is 0 Å². The summed E-state index contributed by atoms with van der Waals surface area (Å²) >= 11 is 0. The molecule has 0 aliphatic heterocycles. The first kappa shape index (κ1) is 12.0. The van der Waals surface area contributed by atoms with Crippen LogP contribution in [0.1, 0.15) is 27.7 Å². The molecular weight excluding hydrogens is 172 g/mol. The van der Waals surface area contributed by atoms with Crippen LogP contribution in [-0.4, -0.2) is 25.0 Å². The van der Waals surface area contributed by atoms with Crippen molar-refractivity contribution in [2.45, 2.75) is 39.9 Å². The van der Waals surface area contributed by atoms with Crippen LogP contribution in [0, 0.1) is 0 Å². The molecule has 0 aromatic rings. The summed E-state index contributed by atoms with van der Waals surface area (Å²) in [6, 6.07) is 0. The summed E-state index contributed by atoms with van der Waals surface area (Å²) in [6.07, 6.45) is -0.764. The second-order valence-electron chi connectivity index (χ2n) is 3.02. The van der Waals surface area contributed by atoms with E-state index in [1.54, 1.807) is 13.8 Å². The molecule has 0 aromatic carbocycles. The number of ether oxygens (including phenoxy) is 2. The SMILES string of the molecule is CC(C)OCN=NC(=O)OC(C)C. The van der Waals surface area contributed by atoms with Crippen LogP contribution in [0.2, 0.25) is 0 Å². The fraction of sp³-hybridized carbons (Fsp3) is 0.875. The average Bonchev–Trinajstić information content (AvgIpc) is 1.96. The molecule has 5 heteroatoms. The Morgan fingerprint density at radius 3 is 2.31 bits per heavy atom. The number of azo groups is 1. The Morgan fingerprint density at radius 2 is 1.85 bits per heavy atom. The molecule has 0 radical (unpaired) electrons. The normalized spacial score (nSPS) is 11.5. The van der Waals surface area contributed by atoms with Crippen molar-refractivity contribution in [2.75, 3.05) is 6.73 Å². The molecule has 0 unspecified atom stereocenters. The van der Waals surface area contributed by atoms with Gasteiger partial charge in [0, 0.05) is 0 Å². The maximum atomic E-state index is 10.8. The minimum Gasteiger partial charge on any atom is -0.444 e. The van der Waals surface area contributed by atoms with Gasteiger partial charge in [-0.05, 0) is 27.7 Å². The minimum absolute atomic E-state index is 0.0834. The summed E-state index contributed by atoms with van der Waals surface area (Å²) in [7, 11) is 0. The van der Waals surface area contributed by atoms with E-state index in [9.17, 15) is 4.79 Å². The first-order valence-corrected chi connectivity index (χ1v) is 4.22. The highest BCUT2D eigenvalue weighted by molar-refractivity contribution is 5.67. The molecule has 0 N–H and O–H groups in total. The van der Waals surface area contributed by atoms with Gasteiger partial charge in [-0.25, -0.2) is 4.79 Å². The van der Waals surface area contributed by atoms with Crippen molar-refractivity contribution in [1.82, 2.24) is 0 Å². The van der Waals surface area contributed by atoms with Crippen LogP contribution in [0.3, 0.4) is 0 Å². The van der Waals surface area contributed by atoms with Crippen LogP contribution in [0.4, 0.5) is 4.79 Å². The van der Waals surface area contributed by atoms with Gasteiger partial charge in [0.2, 0.25) is 0 Å². The molecule has 0 aliphatic carbocycles. The zero-order valence-corrected chi connectivity index (χ0v) is 8.48. The maximum absolute atomic E-state index is 10.8. The van der Waals surface area contributed by atoms with Gasteiger partial charge in [-0.1, -0.05) is 5.11 Å². The number of nitrogens with zero attached hydrogens (tertiary/aromatic N) is 2. The molecule has 0 saturated carbocycles. The Hall–Kier alpha value is -0.970. The molecule has 76 valence electrons. The molecule has 0 atom stereocenters. The second kappa shape index (κ2) is 6.54. The van der Waals surface area contributed by atoms with E-state index < -0.39 is 6.09 Å². The number of hydrogen-bond donors (Lipinski definition) is 0. The van der Waals surface area contributed by atoms with Crippen molar-refractivity contribution >= 4 is 6.09 Å². The molecule has 0 spiro atoms. The van der Waals surface area contributed by atoms with E-state index in [1.165, 1.54) is 0 Å². The van der Waals surface area contributed by atoms with Gasteiger partial charge in [0.15, 0.2) is 6.73 Å². The number of carbonyl (C=O) groups excluding carboxylic acids is 1. The molecule has 0 aromatic heterocycles. The lowest BCUT2D eigenvalue weighted by Crippen LogP contribution is -2.07. The Labute approximate surface area is 78.1 Å². The third-order valence-corrected chi connectivity index (χ3v) is 0.954. The molecule has 1 amide bonds. The van der Waals surface area contributed by atoms with Crippen molar-refractivity contribution < 1.29 is 14.3 Å². The smallest absolute Gasteiger partial charge is 0.444 e. The van der Waals surface area contributed by atoms with Gasteiger partial charge in [-0.3, -0.25) is 0 Å². The molecular formula is C8H16N2O3. The first-order chi connectivity index (χ1) is 6.02. The largest absolute Gasteiger partial charge is 0.452 e. The first-order valence-electron chi connectivity index (χ1n) is 4.22. The lowest BCUT2D eigenvalue weighted by molar-refractivity contribution is 0.0792. The Morgan fingerprint density at radius 1 is 1.23 bits per heavy atom. The van der Waals surface area contributed by atoms with Gasteiger partial charge in [-0.15, -0.1) is 0 Å². The molecule has 0 fully saturated rings. The number of amides is 1. The summed E-state index contributed by atoms with van der Waals surface area (Å²) < 4.78 is 9.73. The van der Waals surface area contributed by atoms with Crippen LogP contribution in [0.5, 0.6) is 0 Å². The summed E-state index contributed by atoms with van der Waals surface area (Å²) in [4.78, 5) is 10.8. The fourth-order valence-corrected chi connectivity index (χ4v) is 0.494. The van der Waals surface area contributed by atoms with Gasteiger partial charge in [0.25, 0.3) is 0 Å². The van der Waals surface area contributed by atoms with Gasteiger partial charge >= 0.3 is 6.09 Å². The predicted molar refractivity (Wildman–Crippen MR) is 47.6 cm³/mol. The van der Waals surface area contributed by atoms with Crippen molar-refractivity contribution in [1.29, 1.82) is 0 Å². The number of hydrogen-bond acceptors (Lipinski definition) is 4. The van der Waals surface area contributed by atoms with Crippen molar-refractivity contribution in [3.63, 3.8) is 0 Å². The Balaban J connectivity index is 3.54. The van der Waals surface area contributed by atoms with Gasteiger partial charge < -0.3 is 9.47 Å². The monoisotopic (exact) mass is 188 g/mol. The summed E-state index contributed by atoms with van der Waals surface area (Å²) in [6.45, 7) is 7.34. The Kier molecular flexibility index (Phi) is 6.05. The Bertz CT molecular complexity index is 178. The van der Waals surface area contributed by atoms with Gasteiger partial charge in [0.05, 0.1) is 12.2 Å². The van der Waals surface area contributed by atoms with E-state index >= 15 is 0 Å². The minimum atomic E-state index is -0.678. The predicted octanol–water partition coefficient (Wildman–Crippen LogP) is 2.37. The van der Waals surface area contributed by atoms with Crippen molar-refractivity contribution in [3.8, 4) is 0 Å². The summed E-state index contributed by atoms with van der Waals surface area (Å²) in [5.74, 6) is 0. The fourth-order valence-electron chi connectivity index (χ4n) is 0.494. The number of carbonyl (C=O) groups is 1. The molecule has 13 heavy (non-hydrogen) atoms. The third-order valence-electron chi connectivity index (χ3n) is 0.954. The van der Waals surface area contributed by atoms with E-state index in [0.29, 0.717) is 0 Å². The molecule has 0 rings (SSSR count). The molecule has 0 aliphatic rings. The molecule has 5 nitrogen and oxygen atoms in total. The quantitative estimate of drug-likeness (QED) is 0.636. The van der Waals surface area contributed by atoms with Gasteiger partial charge in [0.1, 0.15) is 0 Å². The van der Waals surface area contributed by atoms with Crippen molar-refractivity contribution in [3.05, 3.63) is 0 Å². The molecule has 0 bridgehead atoms. The highest BCUT2D eigenvalue weighted by Crippen LogP contribution is 1.93. The maximum Gasteiger partial charge on any atom is 0.452 e. The third kappa shape index (κ3) is 8.94. The average molecular weight is 188 g/mol. The van der Waals surface area contributed by atoms with E-state index in [1.807, 2.05) is 13.8 Å². The molecule has 0 saturated heterocycles. The van der Waals surface area contributed by atoms with E-state index in [-0.39, 0.29) is 18.9 Å². The van der Waals surface area contributed by atoms with Crippen LogP contribution >= 0.6 is 0 Å². The van der Waals surface area contributed by atoms with E-state index in [2.05, 4.69) is 10.2 Å². The summed E-state index contributed by atoms with van der Waals surface area (Å²) in [5.41, 5.74) is 0. The van der Waals surface area contributed by atoms with Crippen LogP contribution < -0.4 is 0 Å². The topological polar surface area (TPSA) is 60.2 Å². The lowest BCUT2D eigenvalue weighted by Gasteiger charge is -2.03. The van der Waals surface area contributed by atoms with E-state index in [4.69, 9.17) is 9.47 Å². The number of rotatable bonds is 4. The van der Waals surface area contributed by atoms with Crippen molar-refractivity contribution in [2.24, 2.45) is 10.2 Å². The highest BCUT2D eigenvalue weighted by Gasteiger charge is 2.01. The standard InChI is InChI=1S/C8H16N2O3/c1-6(2)12-5-9-10-8(11)13-7(3)4/h6-7H,5H2,1-4H3. The van der Waals surface area contributed by atoms with Crippen LogP contribution in [0.15, 0.2) is 10.2 Å². The molecule has 0 heterocycles. The van der Waals surface area contributed by atoms with E-state index in [0.717, 1.165) is 0 Å². The second-order valence-corrected chi connectivity index (χ2v) is 3.02. The zero-order valence-electron chi connectivity index (χ0n) is 8.48. The summed E-state index contributed by atoms with van der Waals surface area (Å²) in [5, 5.41) is 6.77. The van der Waals surface area contributed by atoms with Crippen LogP contribution in [-0.2, 0) is 9.47 Å².